The van der Waals surface area contributed by atoms with Gasteiger partial charge in [0.15, 0.2) is 0 Å². The van der Waals surface area contributed by atoms with Gasteiger partial charge in [0.25, 0.3) is 0 Å². The molecule has 0 aliphatic rings. The third-order valence-corrected chi connectivity index (χ3v) is 5.99. The van der Waals surface area contributed by atoms with Gasteiger partial charge in [0.05, 0.1) is 192 Å². The van der Waals surface area contributed by atoms with E-state index in [9.17, 15) is 4.79 Å². The molecule has 0 aromatic heterocycles. The maximum absolute atomic E-state index is 11.5. The summed E-state index contributed by atoms with van der Waals surface area (Å²) in [6.07, 6.45) is -0.455. The number of hydrogen-bond acceptors (Lipinski definition) is 17. The second-order valence-corrected chi connectivity index (χ2v) is 11.7. The highest BCUT2D eigenvalue weighted by Crippen LogP contribution is 2.06. The van der Waals surface area contributed by atoms with Gasteiger partial charge in [-0.15, -0.1) is 0 Å². The Morgan fingerprint density at radius 1 is 0.358 bits per heavy atom. The van der Waals surface area contributed by atoms with Gasteiger partial charge in [0.1, 0.15) is 5.60 Å². The normalized spacial score (nSPS) is 11.8. The topological polar surface area (TPSA) is 188 Å². The predicted octanol–water partition coefficient (Wildman–Crippen LogP) is 0.736. The molecule has 0 aromatic carbocycles. The third kappa shape index (κ3) is 48.7. The molecule has 0 saturated carbocycles. The van der Waals surface area contributed by atoms with Crippen LogP contribution in [0.4, 0.5) is 4.79 Å². The Kier molecular flexibility index (Phi) is 42.3. The van der Waals surface area contributed by atoms with Crippen LogP contribution >= 0.6 is 0 Å². The van der Waals surface area contributed by atoms with Crippen LogP contribution in [0.15, 0.2) is 0 Å². The van der Waals surface area contributed by atoms with Gasteiger partial charge in [-0.1, -0.05) is 0 Å². The van der Waals surface area contributed by atoms with E-state index in [1.165, 1.54) is 0 Å². The summed E-state index contributed by atoms with van der Waals surface area (Å²) in [7, 11) is 0. The van der Waals surface area contributed by atoms with E-state index in [-0.39, 0.29) is 6.61 Å². The molecule has 0 fully saturated rings. The minimum Gasteiger partial charge on any atom is -0.444 e. The standard InChI is InChI=1S/C35H71NO17/c1-35(2,3)53-34(38)36-4-6-39-8-10-41-12-14-43-16-18-45-20-22-47-24-26-49-28-30-51-32-33-52-31-29-50-27-25-48-23-21-46-19-17-44-15-13-42-11-9-40-7-5-37/h37H,4-33H2,1-3H3,(H,36,38). The molecule has 0 unspecified atom stereocenters. The van der Waals surface area contributed by atoms with Crippen LogP contribution in [0.2, 0.25) is 0 Å². The summed E-state index contributed by atoms with van der Waals surface area (Å²) in [5, 5.41) is 11.2. The van der Waals surface area contributed by atoms with E-state index in [2.05, 4.69) is 5.32 Å². The monoisotopic (exact) mass is 777 g/mol. The molecule has 0 heterocycles. The van der Waals surface area contributed by atoms with Crippen LogP contribution in [-0.4, -0.2) is 215 Å². The van der Waals surface area contributed by atoms with Crippen molar-refractivity contribution < 1.29 is 81.0 Å². The van der Waals surface area contributed by atoms with Gasteiger partial charge in [-0.2, -0.15) is 0 Å². The number of alkyl carbamates (subject to hydrolysis) is 1. The lowest BCUT2D eigenvalue weighted by Gasteiger charge is -2.19. The molecule has 18 heteroatoms. The number of ether oxygens (including phenoxy) is 15. The first kappa shape index (κ1) is 51.7. The van der Waals surface area contributed by atoms with Crippen LogP contribution in [0.3, 0.4) is 0 Å². The first-order chi connectivity index (χ1) is 26.0. The lowest BCUT2D eigenvalue weighted by atomic mass is 10.2. The Bertz CT molecular complexity index is 721. The fourth-order valence-electron chi connectivity index (χ4n) is 3.56. The molecule has 0 radical (unpaired) electrons. The number of amides is 1. The molecule has 318 valence electrons. The Hall–Kier alpha value is -1.33. The number of carbonyl (C=O) groups is 1. The molecule has 2 N–H and O–H groups in total. The second kappa shape index (κ2) is 43.4. The number of aliphatic hydroxyl groups is 1. The number of carbonyl (C=O) groups excluding carboxylic acids is 1. The predicted molar refractivity (Wildman–Crippen MR) is 193 cm³/mol. The molecule has 0 atom stereocenters. The lowest BCUT2D eigenvalue weighted by Crippen LogP contribution is -2.34. The fraction of sp³-hybridized carbons (Fsp3) is 0.971. The van der Waals surface area contributed by atoms with Crippen molar-refractivity contribution in [2.75, 3.05) is 198 Å². The smallest absolute Gasteiger partial charge is 0.407 e. The van der Waals surface area contributed by atoms with Crippen LogP contribution in [0.25, 0.3) is 0 Å². The van der Waals surface area contributed by atoms with E-state index >= 15 is 0 Å². The molecule has 0 rings (SSSR count). The van der Waals surface area contributed by atoms with Gasteiger partial charge in [-0.25, -0.2) is 4.79 Å². The summed E-state index contributed by atoms with van der Waals surface area (Å²) >= 11 is 0. The van der Waals surface area contributed by atoms with Crippen LogP contribution in [0.5, 0.6) is 0 Å². The number of rotatable bonds is 44. The average molecular weight is 778 g/mol. The first-order valence-electron chi connectivity index (χ1n) is 18.6. The number of nitrogens with one attached hydrogen (secondary N) is 1. The SMILES string of the molecule is CC(C)(C)OC(=O)NCCOCCOCCOCCOCCOCCOCCOCCOCCOCCOCCOCCOCCOCCOCCO. The van der Waals surface area contributed by atoms with Gasteiger partial charge in [-0.05, 0) is 20.8 Å². The second-order valence-electron chi connectivity index (χ2n) is 11.7. The van der Waals surface area contributed by atoms with E-state index in [1.54, 1.807) is 0 Å². The molecule has 0 spiro atoms. The molecule has 18 nitrogen and oxygen atoms in total. The van der Waals surface area contributed by atoms with Crippen molar-refractivity contribution in [1.29, 1.82) is 0 Å². The highest BCUT2D eigenvalue weighted by molar-refractivity contribution is 5.67. The van der Waals surface area contributed by atoms with Crippen molar-refractivity contribution in [1.82, 2.24) is 5.32 Å². The van der Waals surface area contributed by atoms with Crippen molar-refractivity contribution in [3.8, 4) is 0 Å². The zero-order chi connectivity index (χ0) is 38.6. The van der Waals surface area contributed by atoms with Gasteiger partial charge in [-0.3, -0.25) is 0 Å². The molecule has 0 aromatic rings. The molecule has 0 aliphatic heterocycles. The molecule has 0 bridgehead atoms. The fourth-order valence-corrected chi connectivity index (χ4v) is 3.56. The highest BCUT2D eigenvalue weighted by Gasteiger charge is 2.15. The largest absolute Gasteiger partial charge is 0.444 e. The summed E-state index contributed by atoms with van der Waals surface area (Å²) in [6.45, 7) is 19.2. The van der Waals surface area contributed by atoms with Crippen molar-refractivity contribution in [2.45, 2.75) is 26.4 Å². The molecule has 1 amide bonds. The Labute approximate surface area is 316 Å². The zero-order valence-electron chi connectivity index (χ0n) is 32.7. The Morgan fingerprint density at radius 3 is 0.736 bits per heavy atom. The van der Waals surface area contributed by atoms with Crippen molar-refractivity contribution in [3.05, 3.63) is 0 Å². The molecule has 0 aliphatic carbocycles. The summed E-state index contributed by atoms with van der Waals surface area (Å²) in [5.41, 5.74) is -0.515. The minimum absolute atomic E-state index is 0.0203. The minimum atomic E-state index is -0.515. The number of hydrogen-bond donors (Lipinski definition) is 2. The quantitative estimate of drug-likeness (QED) is 0.0824. The van der Waals surface area contributed by atoms with Crippen molar-refractivity contribution >= 4 is 6.09 Å². The van der Waals surface area contributed by atoms with Crippen molar-refractivity contribution in [2.24, 2.45) is 0 Å². The molecule has 53 heavy (non-hydrogen) atoms. The summed E-state index contributed by atoms with van der Waals surface area (Å²) in [5.74, 6) is 0. The van der Waals surface area contributed by atoms with Gasteiger partial charge >= 0.3 is 6.09 Å². The van der Waals surface area contributed by atoms with Crippen LogP contribution in [-0.2, 0) is 71.1 Å². The highest BCUT2D eigenvalue weighted by atomic mass is 16.6. The van der Waals surface area contributed by atoms with Crippen LogP contribution in [0.1, 0.15) is 20.8 Å². The van der Waals surface area contributed by atoms with E-state index in [1.807, 2.05) is 20.8 Å². The number of aliphatic hydroxyl groups excluding tert-OH is 1. The van der Waals surface area contributed by atoms with E-state index < -0.39 is 11.7 Å². The van der Waals surface area contributed by atoms with E-state index in [0.29, 0.717) is 192 Å². The molecular weight excluding hydrogens is 706 g/mol. The summed E-state index contributed by atoms with van der Waals surface area (Å²) in [4.78, 5) is 11.5. The Balaban J connectivity index is 3.09. The third-order valence-electron chi connectivity index (χ3n) is 5.99. The van der Waals surface area contributed by atoms with Crippen LogP contribution in [0, 0.1) is 0 Å². The average Bonchev–Trinajstić information content (AvgIpc) is 3.12. The first-order valence-corrected chi connectivity index (χ1v) is 18.6. The van der Waals surface area contributed by atoms with Gasteiger partial charge in [0.2, 0.25) is 0 Å². The van der Waals surface area contributed by atoms with Crippen molar-refractivity contribution in [3.63, 3.8) is 0 Å². The van der Waals surface area contributed by atoms with Crippen LogP contribution < -0.4 is 5.32 Å². The Morgan fingerprint density at radius 2 is 0.547 bits per heavy atom. The maximum atomic E-state index is 11.5. The zero-order valence-corrected chi connectivity index (χ0v) is 32.7. The van der Waals surface area contributed by atoms with Gasteiger partial charge < -0.3 is 81.5 Å². The lowest BCUT2D eigenvalue weighted by molar-refractivity contribution is -0.0297. The van der Waals surface area contributed by atoms with Gasteiger partial charge in [0, 0.05) is 6.54 Å². The van der Waals surface area contributed by atoms with E-state index in [4.69, 9.17) is 76.2 Å². The van der Waals surface area contributed by atoms with E-state index in [0.717, 1.165) is 0 Å². The maximum Gasteiger partial charge on any atom is 0.407 e. The summed E-state index contributed by atoms with van der Waals surface area (Å²) < 4.78 is 81.0. The molecule has 0 saturated heterocycles. The summed E-state index contributed by atoms with van der Waals surface area (Å²) in [6, 6.07) is 0. The molecular formula is C35H71NO17.